The van der Waals surface area contributed by atoms with E-state index < -0.39 is 0 Å². The molecule has 5 heteroatoms. The van der Waals surface area contributed by atoms with Gasteiger partial charge in [-0.2, -0.15) is 0 Å². The first-order chi connectivity index (χ1) is 9.81. The van der Waals surface area contributed by atoms with Crippen LogP contribution in [0.2, 0.25) is 0 Å². The Balaban J connectivity index is 1.62. The first-order valence-corrected chi connectivity index (χ1v) is 7.30. The Kier molecular flexibility index (Phi) is 2.73. The highest BCUT2D eigenvalue weighted by Crippen LogP contribution is 2.30. The average molecular weight is 269 g/mol. The molecule has 4 rings (SSSR count). The molecule has 0 unspecified atom stereocenters. The van der Waals surface area contributed by atoms with E-state index in [2.05, 4.69) is 19.8 Å². The smallest absolute Gasteiger partial charge is 0.139 e. The predicted molar refractivity (Wildman–Crippen MR) is 80.8 cm³/mol. The van der Waals surface area contributed by atoms with Gasteiger partial charge in [-0.3, -0.25) is 4.90 Å². The fraction of sp³-hybridized carbons (Fsp3) is 0.467. The molecule has 1 aliphatic carbocycles. The number of anilines is 2. The third-order valence-corrected chi connectivity index (χ3v) is 4.32. The lowest BCUT2D eigenvalue weighted by molar-refractivity contribution is 0.248. The number of piperazine rings is 1. The Labute approximate surface area is 118 Å². The van der Waals surface area contributed by atoms with Crippen LogP contribution in [-0.4, -0.2) is 47.1 Å². The van der Waals surface area contributed by atoms with Crippen LogP contribution in [0.25, 0.3) is 10.9 Å². The lowest BCUT2D eigenvalue weighted by Crippen LogP contribution is -2.47. The number of rotatable bonds is 2. The maximum atomic E-state index is 5.83. The maximum absolute atomic E-state index is 5.83. The predicted octanol–water partition coefficient (Wildman–Crippen LogP) is 1.50. The lowest BCUT2D eigenvalue weighted by Gasteiger charge is -2.35. The van der Waals surface area contributed by atoms with Gasteiger partial charge in [-0.1, -0.05) is 0 Å². The first-order valence-electron chi connectivity index (χ1n) is 7.30. The summed E-state index contributed by atoms with van der Waals surface area (Å²) >= 11 is 0. The summed E-state index contributed by atoms with van der Waals surface area (Å²) < 4.78 is 0. The van der Waals surface area contributed by atoms with Crippen LogP contribution in [0, 0.1) is 0 Å². The summed E-state index contributed by atoms with van der Waals surface area (Å²) in [5.74, 6) is 1.05. The van der Waals surface area contributed by atoms with Gasteiger partial charge in [-0.15, -0.1) is 0 Å². The van der Waals surface area contributed by atoms with Crippen LogP contribution in [0.4, 0.5) is 11.5 Å². The molecule has 1 saturated carbocycles. The second-order valence-corrected chi connectivity index (χ2v) is 5.73. The van der Waals surface area contributed by atoms with E-state index in [-0.39, 0.29) is 0 Å². The largest absolute Gasteiger partial charge is 0.399 e. The van der Waals surface area contributed by atoms with E-state index in [1.807, 2.05) is 18.2 Å². The molecule has 2 aromatic rings. The van der Waals surface area contributed by atoms with Crippen molar-refractivity contribution in [1.29, 1.82) is 0 Å². The minimum atomic E-state index is 0.751. The summed E-state index contributed by atoms with van der Waals surface area (Å²) in [5.41, 5.74) is 7.51. The number of aromatic nitrogens is 2. The van der Waals surface area contributed by atoms with Crippen LogP contribution < -0.4 is 10.6 Å². The van der Waals surface area contributed by atoms with E-state index in [0.29, 0.717) is 0 Å². The molecule has 2 heterocycles. The van der Waals surface area contributed by atoms with Crippen LogP contribution in [0.5, 0.6) is 0 Å². The standard InChI is InChI=1S/C15H19N5/c16-11-1-4-13-14(9-11)17-10-18-15(13)20-7-5-19(6-8-20)12-2-3-12/h1,4,9-10,12H,2-3,5-8,16H2. The Morgan fingerprint density at radius 3 is 2.60 bits per heavy atom. The highest BCUT2D eigenvalue weighted by Gasteiger charge is 2.31. The van der Waals surface area contributed by atoms with Gasteiger partial charge < -0.3 is 10.6 Å². The Hall–Kier alpha value is -1.88. The van der Waals surface area contributed by atoms with Crippen LogP contribution in [0.1, 0.15) is 12.8 Å². The van der Waals surface area contributed by atoms with Gasteiger partial charge in [-0.05, 0) is 31.0 Å². The molecule has 2 N–H and O–H groups in total. The molecular formula is C15H19N5. The molecule has 0 radical (unpaired) electrons. The van der Waals surface area contributed by atoms with Gasteiger partial charge in [0, 0.05) is 43.3 Å². The molecule has 0 amide bonds. The minimum Gasteiger partial charge on any atom is -0.399 e. The first kappa shape index (κ1) is 11.9. The van der Waals surface area contributed by atoms with Crippen molar-refractivity contribution < 1.29 is 0 Å². The monoisotopic (exact) mass is 269 g/mol. The zero-order chi connectivity index (χ0) is 13.5. The maximum Gasteiger partial charge on any atom is 0.139 e. The van der Waals surface area contributed by atoms with Crippen molar-refractivity contribution in [3.8, 4) is 0 Å². The van der Waals surface area contributed by atoms with Gasteiger partial charge in [0.2, 0.25) is 0 Å². The van der Waals surface area contributed by atoms with Gasteiger partial charge in [0.1, 0.15) is 12.1 Å². The number of hydrogen-bond acceptors (Lipinski definition) is 5. The number of hydrogen-bond donors (Lipinski definition) is 1. The third kappa shape index (κ3) is 2.08. The molecule has 0 bridgehead atoms. The summed E-state index contributed by atoms with van der Waals surface area (Å²) in [6.45, 7) is 4.39. The molecule has 0 spiro atoms. The Bertz CT molecular complexity index is 629. The number of nitrogen functional groups attached to an aromatic ring is 1. The second-order valence-electron chi connectivity index (χ2n) is 5.73. The average Bonchev–Trinajstić information content (AvgIpc) is 3.31. The van der Waals surface area contributed by atoms with Crippen LogP contribution >= 0.6 is 0 Å². The van der Waals surface area contributed by atoms with E-state index in [4.69, 9.17) is 5.73 Å². The number of benzene rings is 1. The molecule has 0 atom stereocenters. The molecule has 1 aromatic heterocycles. The van der Waals surface area contributed by atoms with Crippen LogP contribution in [0.15, 0.2) is 24.5 Å². The van der Waals surface area contributed by atoms with E-state index in [1.165, 1.54) is 12.8 Å². The molecule has 2 aliphatic rings. The van der Waals surface area contributed by atoms with Crippen molar-refractivity contribution >= 4 is 22.4 Å². The molecule has 20 heavy (non-hydrogen) atoms. The van der Waals surface area contributed by atoms with Crippen molar-refractivity contribution in [2.45, 2.75) is 18.9 Å². The van der Waals surface area contributed by atoms with Crippen LogP contribution in [-0.2, 0) is 0 Å². The topological polar surface area (TPSA) is 58.3 Å². The minimum absolute atomic E-state index is 0.751. The van der Waals surface area contributed by atoms with Crippen molar-refractivity contribution in [3.63, 3.8) is 0 Å². The Morgan fingerprint density at radius 2 is 1.85 bits per heavy atom. The fourth-order valence-corrected chi connectivity index (χ4v) is 3.05. The Morgan fingerprint density at radius 1 is 1.05 bits per heavy atom. The highest BCUT2D eigenvalue weighted by atomic mass is 15.3. The van der Waals surface area contributed by atoms with E-state index >= 15 is 0 Å². The molecule has 2 fully saturated rings. The molecule has 1 saturated heterocycles. The SMILES string of the molecule is Nc1ccc2c(N3CCN(C4CC4)CC3)ncnc2c1. The van der Waals surface area contributed by atoms with Gasteiger partial charge in [0.25, 0.3) is 0 Å². The molecule has 5 nitrogen and oxygen atoms in total. The second kappa shape index (κ2) is 4.59. The van der Waals surface area contributed by atoms with E-state index in [1.54, 1.807) is 6.33 Å². The zero-order valence-electron chi connectivity index (χ0n) is 11.5. The van der Waals surface area contributed by atoms with Crippen molar-refractivity contribution in [2.24, 2.45) is 0 Å². The summed E-state index contributed by atoms with van der Waals surface area (Å²) in [7, 11) is 0. The summed E-state index contributed by atoms with van der Waals surface area (Å²) in [5, 5.41) is 1.10. The van der Waals surface area contributed by atoms with Crippen molar-refractivity contribution in [3.05, 3.63) is 24.5 Å². The van der Waals surface area contributed by atoms with Gasteiger partial charge in [0.15, 0.2) is 0 Å². The normalized spacial score (nSPS) is 20.5. The van der Waals surface area contributed by atoms with Crippen LogP contribution in [0.3, 0.4) is 0 Å². The van der Waals surface area contributed by atoms with E-state index in [0.717, 1.165) is 54.6 Å². The van der Waals surface area contributed by atoms with E-state index in [9.17, 15) is 0 Å². The number of nitrogens with two attached hydrogens (primary N) is 1. The molecular weight excluding hydrogens is 250 g/mol. The summed E-state index contributed by atoms with van der Waals surface area (Å²) in [6.07, 6.45) is 4.41. The van der Waals surface area contributed by atoms with Gasteiger partial charge in [0.05, 0.1) is 5.52 Å². The summed E-state index contributed by atoms with van der Waals surface area (Å²) in [6, 6.07) is 6.74. The molecule has 1 aromatic carbocycles. The zero-order valence-corrected chi connectivity index (χ0v) is 11.5. The molecule has 1 aliphatic heterocycles. The van der Waals surface area contributed by atoms with Gasteiger partial charge >= 0.3 is 0 Å². The van der Waals surface area contributed by atoms with Crippen molar-refractivity contribution in [1.82, 2.24) is 14.9 Å². The van der Waals surface area contributed by atoms with Gasteiger partial charge in [-0.25, -0.2) is 9.97 Å². The highest BCUT2D eigenvalue weighted by molar-refractivity contribution is 5.91. The third-order valence-electron chi connectivity index (χ3n) is 4.32. The lowest BCUT2D eigenvalue weighted by atomic mass is 10.2. The fourth-order valence-electron chi connectivity index (χ4n) is 3.05. The number of fused-ring (bicyclic) bond motifs is 1. The van der Waals surface area contributed by atoms with Crippen molar-refractivity contribution in [2.75, 3.05) is 36.8 Å². The summed E-state index contributed by atoms with van der Waals surface area (Å²) in [4.78, 5) is 13.8. The quantitative estimate of drug-likeness (QED) is 0.837. The molecule has 104 valence electrons. The number of nitrogens with zero attached hydrogens (tertiary/aromatic N) is 4.